The van der Waals surface area contributed by atoms with Gasteiger partial charge in [-0.2, -0.15) is 0 Å². The van der Waals surface area contributed by atoms with E-state index in [-0.39, 0.29) is 52.2 Å². The lowest BCUT2D eigenvalue weighted by molar-refractivity contribution is -0.244. The second-order valence-electron chi connectivity index (χ2n) is 10.9. The highest BCUT2D eigenvalue weighted by atomic mass is 16.3. The Morgan fingerprint density at radius 1 is 1.25 bits per heavy atom. The fourth-order valence-corrected chi connectivity index (χ4v) is 10.6. The van der Waals surface area contributed by atoms with Gasteiger partial charge in [0.05, 0.1) is 12.2 Å². The molecule has 3 N–H and O–H groups in total. The van der Waals surface area contributed by atoms with Gasteiger partial charge >= 0.3 is 0 Å². The number of piperidine rings is 2. The quantitative estimate of drug-likeness (QED) is 0.583. The molecular weight excluding hydrogens is 302 g/mol. The van der Waals surface area contributed by atoms with E-state index >= 15 is 0 Å². The van der Waals surface area contributed by atoms with Crippen molar-refractivity contribution in [2.45, 2.75) is 63.0 Å². The fraction of sp³-hybridized carbons (Fsp3) is 0.900. The van der Waals surface area contributed by atoms with Gasteiger partial charge in [-0.1, -0.05) is 19.1 Å². The Kier molecular flexibility index (Phi) is 1.88. The van der Waals surface area contributed by atoms with Crippen molar-refractivity contribution in [1.82, 2.24) is 4.90 Å². The van der Waals surface area contributed by atoms with E-state index in [0.717, 1.165) is 38.6 Å². The summed E-state index contributed by atoms with van der Waals surface area (Å²) in [6, 6.07) is 0.280. The van der Waals surface area contributed by atoms with E-state index in [1.165, 1.54) is 5.57 Å². The maximum atomic E-state index is 11.8. The molecule has 9 rings (SSSR count). The summed E-state index contributed by atoms with van der Waals surface area (Å²) in [6.07, 6.45) is 3.99. The second kappa shape index (κ2) is 3.28. The molecule has 4 nitrogen and oxygen atoms in total. The van der Waals surface area contributed by atoms with E-state index < -0.39 is 5.72 Å². The zero-order valence-electron chi connectivity index (χ0n) is 14.3. The van der Waals surface area contributed by atoms with Crippen LogP contribution >= 0.6 is 0 Å². The minimum atomic E-state index is -0.698. The van der Waals surface area contributed by atoms with E-state index in [1.54, 1.807) is 0 Å². The van der Waals surface area contributed by atoms with Crippen LogP contribution in [0.15, 0.2) is 12.2 Å². The van der Waals surface area contributed by atoms with Crippen molar-refractivity contribution in [2.75, 3.05) is 6.54 Å². The number of aliphatic hydroxyl groups is 3. The predicted octanol–water partition coefficient (Wildman–Crippen LogP) is 1.11. The van der Waals surface area contributed by atoms with Crippen LogP contribution in [0.5, 0.6) is 0 Å². The molecule has 2 spiro atoms. The standard InChI is InChI=1S/C20H27NO3/c1-9-4-18-7-20(24)16-17(2)5-10(22)6-19(16)12(18)3-11(9)14(23)13(18)15(19)21(20)8-17/h10-16,22-24H,1,3-8H2,2H3/t10-,11+,12-,13-,14+,15+,16+,17-,18+,19-,20+/m0/s1. The first-order valence-corrected chi connectivity index (χ1v) is 9.81. The van der Waals surface area contributed by atoms with Crippen LogP contribution in [-0.2, 0) is 0 Å². The summed E-state index contributed by atoms with van der Waals surface area (Å²) in [5.74, 6) is 1.38. The lowest BCUT2D eigenvalue weighted by Crippen LogP contribution is -2.67. The number of hydrogen-bond donors (Lipinski definition) is 3. The van der Waals surface area contributed by atoms with Crippen molar-refractivity contribution in [3.63, 3.8) is 0 Å². The molecule has 1 unspecified atom stereocenters. The number of hydrogen-bond acceptors (Lipinski definition) is 4. The van der Waals surface area contributed by atoms with Gasteiger partial charge in [-0.3, -0.25) is 4.90 Å². The lowest BCUT2D eigenvalue weighted by atomic mass is 9.40. The minimum absolute atomic E-state index is 0.0266. The second-order valence-corrected chi connectivity index (χ2v) is 10.9. The molecule has 0 amide bonds. The molecule has 0 aromatic rings. The summed E-state index contributed by atoms with van der Waals surface area (Å²) >= 11 is 0. The molecular formula is C20H27NO3. The average Bonchev–Trinajstić information content (AvgIpc) is 2.80. The third-order valence-corrected chi connectivity index (χ3v) is 10.2. The average molecular weight is 329 g/mol. The molecule has 0 aromatic heterocycles. The molecule has 3 saturated heterocycles. The number of aliphatic hydroxyl groups excluding tert-OH is 2. The smallest absolute Gasteiger partial charge is 0.123 e. The Bertz CT molecular complexity index is 724. The Labute approximate surface area is 142 Å². The van der Waals surface area contributed by atoms with E-state index in [9.17, 15) is 15.3 Å². The van der Waals surface area contributed by atoms with Gasteiger partial charge in [-0.25, -0.2) is 0 Å². The maximum Gasteiger partial charge on any atom is 0.123 e. The van der Waals surface area contributed by atoms with Gasteiger partial charge in [-0.05, 0) is 54.3 Å². The molecule has 3 heterocycles. The van der Waals surface area contributed by atoms with Crippen LogP contribution in [0, 0.1) is 39.9 Å². The van der Waals surface area contributed by atoms with Gasteiger partial charge in [-0.15, -0.1) is 0 Å². The van der Waals surface area contributed by atoms with Crippen molar-refractivity contribution in [3.8, 4) is 0 Å². The van der Waals surface area contributed by atoms with Crippen molar-refractivity contribution >= 4 is 0 Å². The van der Waals surface area contributed by atoms with Gasteiger partial charge in [0, 0.05) is 30.3 Å². The van der Waals surface area contributed by atoms with Gasteiger partial charge in [0.15, 0.2) is 0 Å². The molecule has 6 saturated carbocycles. The largest absolute Gasteiger partial charge is 0.393 e. The van der Waals surface area contributed by atoms with Gasteiger partial charge in [0.2, 0.25) is 0 Å². The van der Waals surface area contributed by atoms with E-state index in [0.29, 0.717) is 5.92 Å². The van der Waals surface area contributed by atoms with Crippen LogP contribution in [0.2, 0.25) is 0 Å². The maximum absolute atomic E-state index is 11.8. The van der Waals surface area contributed by atoms with Crippen LogP contribution in [0.1, 0.15) is 39.0 Å². The Hall–Kier alpha value is -0.420. The summed E-state index contributed by atoms with van der Waals surface area (Å²) in [6.45, 7) is 7.50. The Balaban J connectivity index is 1.55. The van der Waals surface area contributed by atoms with Crippen LogP contribution in [-0.4, -0.2) is 50.7 Å². The molecule has 9 aliphatic rings. The van der Waals surface area contributed by atoms with Crippen molar-refractivity contribution in [2.24, 2.45) is 39.9 Å². The van der Waals surface area contributed by atoms with E-state index in [1.807, 2.05) is 0 Å². The minimum Gasteiger partial charge on any atom is -0.393 e. The zero-order chi connectivity index (χ0) is 16.4. The fourth-order valence-electron chi connectivity index (χ4n) is 10.6. The van der Waals surface area contributed by atoms with Gasteiger partial charge in [0.25, 0.3) is 0 Å². The van der Waals surface area contributed by atoms with Crippen molar-refractivity contribution in [3.05, 3.63) is 12.2 Å². The Morgan fingerprint density at radius 2 is 2.04 bits per heavy atom. The first-order chi connectivity index (χ1) is 11.3. The lowest BCUT2D eigenvalue weighted by Gasteiger charge is -2.65. The van der Waals surface area contributed by atoms with Crippen molar-refractivity contribution in [1.29, 1.82) is 0 Å². The van der Waals surface area contributed by atoms with Crippen LogP contribution in [0.4, 0.5) is 0 Å². The highest BCUT2D eigenvalue weighted by Gasteiger charge is 2.92. The number of nitrogens with zero attached hydrogens (tertiary/aromatic N) is 1. The van der Waals surface area contributed by atoms with Crippen LogP contribution in [0.3, 0.4) is 0 Å². The molecule has 6 aliphatic carbocycles. The SMILES string of the molecule is C=C1C[C@]23C[C@@]4(O)[C@@H]5[C@@]6(C)C[C@H](O)C[C@]57[C@@H]([C@@H]2[C@H](O)[C@@H]1C[C@@H]37)N4C6. The topological polar surface area (TPSA) is 63.9 Å². The summed E-state index contributed by atoms with van der Waals surface area (Å²) in [5.41, 5.74) is 0.622. The summed E-state index contributed by atoms with van der Waals surface area (Å²) in [7, 11) is 0. The molecule has 0 aromatic carbocycles. The van der Waals surface area contributed by atoms with Crippen LogP contribution in [0.25, 0.3) is 0 Å². The monoisotopic (exact) mass is 329 g/mol. The number of rotatable bonds is 0. The predicted molar refractivity (Wildman–Crippen MR) is 86.6 cm³/mol. The third kappa shape index (κ3) is 0.960. The first kappa shape index (κ1) is 13.7. The Morgan fingerprint density at radius 3 is 2.83 bits per heavy atom. The number of fused-ring (bicyclic) bond motifs is 1. The van der Waals surface area contributed by atoms with Crippen LogP contribution < -0.4 is 0 Å². The molecule has 130 valence electrons. The highest BCUT2D eigenvalue weighted by Crippen LogP contribution is 2.88. The molecule has 9 bridgehead atoms. The van der Waals surface area contributed by atoms with Gasteiger partial charge < -0.3 is 15.3 Å². The first-order valence-electron chi connectivity index (χ1n) is 9.81. The highest BCUT2D eigenvalue weighted by molar-refractivity contribution is 5.43. The van der Waals surface area contributed by atoms with E-state index in [2.05, 4.69) is 18.4 Å². The molecule has 0 radical (unpaired) electrons. The third-order valence-electron chi connectivity index (χ3n) is 10.2. The molecule has 12 atom stereocenters. The normalized spacial score (nSPS) is 76.1. The summed E-state index contributed by atoms with van der Waals surface area (Å²) < 4.78 is 0. The van der Waals surface area contributed by atoms with E-state index in [4.69, 9.17) is 0 Å². The molecule has 24 heavy (non-hydrogen) atoms. The van der Waals surface area contributed by atoms with Gasteiger partial charge in [0.1, 0.15) is 5.72 Å². The molecule has 9 fully saturated rings. The zero-order valence-corrected chi connectivity index (χ0v) is 14.3. The summed E-state index contributed by atoms with van der Waals surface area (Å²) in [4.78, 5) is 2.41. The molecule has 3 aliphatic heterocycles. The molecule has 4 heteroatoms. The summed E-state index contributed by atoms with van der Waals surface area (Å²) in [5, 5.41) is 33.8. The van der Waals surface area contributed by atoms with Crippen molar-refractivity contribution < 1.29 is 15.3 Å².